The van der Waals surface area contributed by atoms with E-state index in [1.807, 2.05) is 36.4 Å². The first-order chi connectivity index (χ1) is 14.6. The van der Waals surface area contributed by atoms with Crippen molar-refractivity contribution < 1.29 is 23.8 Å². The van der Waals surface area contributed by atoms with Crippen molar-refractivity contribution in [2.75, 3.05) is 26.9 Å². The first-order valence-corrected chi connectivity index (χ1v) is 9.47. The molecule has 0 aliphatic rings. The van der Waals surface area contributed by atoms with Gasteiger partial charge in [0.1, 0.15) is 11.6 Å². The first kappa shape index (κ1) is 22.5. The van der Waals surface area contributed by atoms with Crippen molar-refractivity contribution in [3.63, 3.8) is 0 Å². The monoisotopic (exact) mass is 408 g/mol. The van der Waals surface area contributed by atoms with Gasteiger partial charge < -0.3 is 19.5 Å². The standard InChI is InChI=1S/C23H24N2O5/c1-3-29-22(26)16-30-20-10-9-18(14-21(20)28-2)13-19(15-24)23(27)25-12-11-17-7-5-4-6-8-17/h4-10,13-14H,3,11-12,16H2,1-2H3,(H,25,27)/b19-13+. The minimum Gasteiger partial charge on any atom is -0.493 e. The van der Waals surface area contributed by atoms with Crippen LogP contribution in [0.25, 0.3) is 6.08 Å². The van der Waals surface area contributed by atoms with Crippen LogP contribution in [-0.2, 0) is 20.7 Å². The molecule has 0 fully saturated rings. The highest BCUT2D eigenvalue weighted by atomic mass is 16.6. The van der Waals surface area contributed by atoms with E-state index in [0.29, 0.717) is 30.0 Å². The molecule has 30 heavy (non-hydrogen) atoms. The Labute approximate surface area is 175 Å². The van der Waals surface area contributed by atoms with Gasteiger partial charge in [-0.3, -0.25) is 4.79 Å². The van der Waals surface area contributed by atoms with Crippen LogP contribution >= 0.6 is 0 Å². The maximum atomic E-state index is 12.3. The Morgan fingerprint density at radius 1 is 1.13 bits per heavy atom. The van der Waals surface area contributed by atoms with Gasteiger partial charge in [-0.05, 0) is 42.7 Å². The van der Waals surface area contributed by atoms with Gasteiger partial charge in [-0.25, -0.2) is 4.79 Å². The van der Waals surface area contributed by atoms with Gasteiger partial charge in [-0.2, -0.15) is 5.26 Å². The predicted octanol–water partition coefficient (Wildman–Crippen LogP) is 2.90. The minimum atomic E-state index is -0.484. The van der Waals surface area contributed by atoms with E-state index in [-0.39, 0.29) is 18.8 Å². The van der Waals surface area contributed by atoms with Crippen LogP contribution in [0.1, 0.15) is 18.1 Å². The van der Waals surface area contributed by atoms with E-state index in [1.54, 1.807) is 25.1 Å². The van der Waals surface area contributed by atoms with Crippen molar-refractivity contribution in [1.82, 2.24) is 5.32 Å². The molecule has 0 spiro atoms. The van der Waals surface area contributed by atoms with E-state index in [0.717, 1.165) is 5.56 Å². The molecule has 1 amide bonds. The number of nitrogens with zero attached hydrogens (tertiary/aromatic N) is 1. The third-order valence-corrected chi connectivity index (χ3v) is 4.06. The fraction of sp³-hybridized carbons (Fsp3) is 0.261. The summed E-state index contributed by atoms with van der Waals surface area (Å²) in [6, 6.07) is 16.6. The maximum Gasteiger partial charge on any atom is 0.344 e. The number of esters is 1. The number of carbonyl (C=O) groups excluding carboxylic acids is 2. The lowest BCUT2D eigenvalue weighted by atomic mass is 10.1. The number of methoxy groups -OCH3 is 1. The Morgan fingerprint density at radius 3 is 2.57 bits per heavy atom. The van der Waals surface area contributed by atoms with Gasteiger partial charge in [0, 0.05) is 6.54 Å². The molecule has 0 aliphatic heterocycles. The highest BCUT2D eigenvalue weighted by Gasteiger charge is 2.12. The van der Waals surface area contributed by atoms with E-state index in [4.69, 9.17) is 14.2 Å². The number of ether oxygens (including phenoxy) is 3. The number of rotatable bonds is 10. The van der Waals surface area contributed by atoms with E-state index >= 15 is 0 Å². The van der Waals surface area contributed by atoms with E-state index in [9.17, 15) is 14.9 Å². The minimum absolute atomic E-state index is 0.0229. The lowest BCUT2D eigenvalue weighted by molar-refractivity contribution is -0.145. The molecule has 7 heteroatoms. The largest absolute Gasteiger partial charge is 0.493 e. The second-order valence-electron chi connectivity index (χ2n) is 6.17. The topological polar surface area (TPSA) is 97.7 Å². The number of nitrogens with one attached hydrogen (secondary N) is 1. The summed E-state index contributed by atoms with van der Waals surface area (Å²) in [5, 5.41) is 12.1. The van der Waals surface area contributed by atoms with Crippen molar-refractivity contribution in [3.8, 4) is 17.6 Å². The fourth-order valence-corrected chi connectivity index (χ4v) is 2.61. The van der Waals surface area contributed by atoms with Crippen LogP contribution in [-0.4, -0.2) is 38.7 Å². The molecule has 156 valence electrons. The molecule has 0 radical (unpaired) electrons. The number of hydrogen-bond donors (Lipinski definition) is 1. The molecule has 2 aromatic carbocycles. The Morgan fingerprint density at radius 2 is 1.90 bits per heavy atom. The Kier molecular flexibility index (Phi) is 8.94. The van der Waals surface area contributed by atoms with Crippen molar-refractivity contribution in [3.05, 3.63) is 65.2 Å². The molecule has 0 saturated carbocycles. The molecular weight excluding hydrogens is 384 g/mol. The number of nitriles is 1. The molecular formula is C23H24N2O5. The zero-order valence-corrected chi connectivity index (χ0v) is 17.0. The van der Waals surface area contributed by atoms with Gasteiger partial charge in [0.2, 0.25) is 0 Å². The molecule has 2 aromatic rings. The Balaban J connectivity index is 2.02. The molecule has 0 bridgehead atoms. The van der Waals surface area contributed by atoms with Crippen LogP contribution in [0.5, 0.6) is 11.5 Å². The van der Waals surface area contributed by atoms with E-state index < -0.39 is 11.9 Å². The average molecular weight is 408 g/mol. The summed E-state index contributed by atoms with van der Waals surface area (Å²) in [6.07, 6.45) is 2.14. The van der Waals surface area contributed by atoms with Crippen LogP contribution in [0.4, 0.5) is 0 Å². The fourth-order valence-electron chi connectivity index (χ4n) is 2.61. The van der Waals surface area contributed by atoms with Crippen LogP contribution in [0.2, 0.25) is 0 Å². The highest BCUT2D eigenvalue weighted by Crippen LogP contribution is 2.29. The van der Waals surface area contributed by atoms with Crippen LogP contribution in [0, 0.1) is 11.3 Å². The zero-order chi connectivity index (χ0) is 21.8. The third kappa shape index (κ3) is 6.99. The van der Waals surface area contributed by atoms with Crippen molar-refractivity contribution in [1.29, 1.82) is 5.26 Å². The molecule has 0 unspecified atom stereocenters. The summed E-state index contributed by atoms with van der Waals surface area (Å²) >= 11 is 0. The van der Waals surface area contributed by atoms with Gasteiger partial charge >= 0.3 is 5.97 Å². The molecule has 2 rings (SSSR count). The lowest BCUT2D eigenvalue weighted by Gasteiger charge is -2.11. The molecule has 1 N–H and O–H groups in total. The summed E-state index contributed by atoms with van der Waals surface area (Å²) in [7, 11) is 1.46. The van der Waals surface area contributed by atoms with E-state index in [1.165, 1.54) is 13.2 Å². The Bertz CT molecular complexity index is 932. The molecule has 7 nitrogen and oxygen atoms in total. The second kappa shape index (κ2) is 11.9. The molecule has 0 aliphatic carbocycles. The van der Waals surface area contributed by atoms with Crippen molar-refractivity contribution in [2.45, 2.75) is 13.3 Å². The zero-order valence-electron chi connectivity index (χ0n) is 17.0. The quantitative estimate of drug-likeness (QED) is 0.369. The number of hydrogen-bond acceptors (Lipinski definition) is 6. The summed E-state index contributed by atoms with van der Waals surface area (Å²) in [6.45, 7) is 2.16. The van der Waals surface area contributed by atoms with Gasteiger partial charge in [-0.15, -0.1) is 0 Å². The van der Waals surface area contributed by atoms with Crippen LogP contribution in [0.3, 0.4) is 0 Å². The predicted molar refractivity (Wildman–Crippen MR) is 112 cm³/mol. The third-order valence-electron chi connectivity index (χ3n) is 4.06. The van der Waals surface area contributed by atoms with Gasteiger partial charge in [0.05, 0.1) is 13.7 Å². The summed E-state index contributed by atoms with van der Waals surface area (Å²) in [4.78, 5) is 23.8. The van der Waals surface area contributed by atoms with E-state index in [2.05, 4.69) is 5.32 Å². The molecule has 0 heterocycles. The molecule has 0 aromatic heterocycles. The van der Waals surface area contributed by atoms with Gasteiger partial charge in [0.15, 0.2) is 18.1 Å². The number of carbonyl (C=O) groups is 2. The highest BCUT2D eigenvalue weighted by molar-refractivity contribution is 6.01. The molecule has 0 saturated heterocycles. The smallest absolute Gasteiger partial charge is 0.344 e. The van der Waals surface area contributed by atoms with Crippen LogP contribution in [0.15, 0.2) is 54.1 Å². The summed E-state index contributed by atoms with van der Waals surface area (Å²) in [5.41, 5.74) is 1.67. The summed E-state index contributed by atoms with van der Waals surface area (Å²) in [5.74, 6) is -0.208. The number of amides is 1. The first-order valence-electron chi connectivity index (χ1n) is 9.47. The summed E-state index contributed by atoms with van der Waals surface area (Å²) < 4.78 is 15.5. The lowest BCUT2D eigenvalue weighted by Crippen LogP contribution is -2.26. The molecule has 0 atom stereocenters. The normalized spacial score (nSPS) is 10.6. The SMILES string of the molecule is CCOC(=O)COc1ccc(/C=C(\C#N)C(=O)NCCc2ccccc2)cc1OC. The van der Waals surface area contributed by atoms with Crippen LogP contribution < -0.4 is 14.8 Å². The van der Waals surface area contributed by atoms with Crippen molar-refractivity contribution in [2.24, 2.45) is 0 Å². The second-order valence-corrected chi connectivity index (χ2v) is 6.17. The Hall–Kier alpha value is -3.79. The van der Waals surface area contributed by atoms with Gasteiger partial charge in [-0.1, -0.05) is 36.4 Å². The van der Waals surface area contributed by atoms with Crippen molar-refractivity contribution >= 4 is 18.0 Å². The number of benzene rings is 2. The van der Waals surface area contributed by atoms with Gasteiger partial charge in [0.25, 0.3) is 5.91 Å². The average Bonchev–Trinajstić information content (AvgIpc) is 2.77. The maximum absolute atomic E-state index is 12.3.